The highest BCUT2D eigenvalue weighted by Gasteiger charge is 2.08. The molecule has 14 heavy (non-hydrogen) atoms. The second kappa shape index (κ2) is 5.18. The van der Waals surface area contributed by atoms with Crippen molar-refractivity contribution in [3.63, 3.8) is 0 Å². The van der Waals surface area contributed by atoms with E-state index in [1.165, 1.54) is 5.01 Å². The molecular weight excluding hydrogens is 178 g/mol. The molecule has 1 rings (SSSR count). The topological polar surface area (TPSA) is 80.5 Å². The van der Waals surface area contributed by atoms with Crippen molar-refractivity contribution in [2.75, 3.05) is 6.54 Å². The average Bonchev–Trinajstić information content (AvgIpc) is 2.21. The largest absolute Gasteiger partial charge is 0.321 e. The van der Waals surface area contributed by atoms with E-state index in [4.69, 9.17) is 11.7 Å². The smallest absolute Gasteiger partial charge is 0.171 e. The maximum absolute atomic E-state index is 5.77. The lowest BCUT2D eigenvalue weighted by atomic mass is 10.2. The average molecular weight is 193 g/mol. The van der Waals surface area contributed by atoms with Crippen molar-refractivity contribution >= 4 is 5.84 Å². The molecule has 0 amide bonds. The number of nitrogens with two attached hydrogens (primary N) is 2. The van der Waals surface area contributed by atoms with Crippen LogP contribution in [0.4, 0.5) is 0 Å². The molecule has 0 atom stereocenters. The molecule has 1 heterocycles. The van der Waals surface area contributed by atoms with Gasteiger partial charge in [-0.3, -0.25) is 9.99 Å². The van der Waals surface area contributed by atoms with Crippen LogP contribution in [0.15, 0.2) is 29.6 Å². The van der Waals surface area contributed by atoms with E-state index in [2.05, 4.69) is 10.1 Å². The van der Waals surface area contributed by atoms with Gasteiger partial charge in [-0.25, -0.2) is 5.84 Å². The fourth-order valence-corrected chi connectivity index (χ4v) is 1.16. The Labute approximate surface area is 83.4 Å². The third-order valence-corrected chi connectivity index (χ3v) is 1.78. The summed E-state index contributed by atoms with van der Waals surface area (Å²) in [5.74, 6) is 11.6. The van der Waals surface area contributed by atoms with Crippen LogP contribution in [0, 0.1) is 0 Å². The molecule has 1 aromatic rings. The molecule has 0 aliphatic heterocycles. The van der Waals surface area contributed by atoms with Crippen molar-refractivity contribution in [1.29, 1.82) is 0 Å². The van der Waals surface area contributed by atoms with Gasteiger partial charge in [0.2, 0.25) is 0 Å². The van der Waals surface area contributed by atoms with Crippen LogP contribution in [0.25, 0.3) is 0 Å². The molecule has 0 fully saturated rings. The van der Waals surface area contributed by atoms with Crippen molar-refractivity contribution in [2.45, 2.75) is 13.3 Å². The third-order valence-electron chi connectivity index (χ3n) is 1.78. The number of hydrogen-bond acceptors (Lipinski definition) is 4. The van der Waals surface area contributed by atoms with Crippen LogP contribution in [0.3, 0.4) is 0 Å². The molecule has 0 aliphatic carbocycles. The Morgan fingerprint density at radius 3 is 2.93 bits per heavy atom. The monoisotopic (exact) mass is 193 g/mol. The minimum Gasteiger partial charge on any atom is -0.321 e. The number of hydrazine groups is 1. The first-order valence-electron chi connectivity index (χ1n) is 4.50. The van der Waals surface area contributed by atoms with Gasteiger partial charge in [-0.1, -0.05) is 6.92 Å². The highest BCUT2D eigenvalue weighted by Crippen LogP contribution is 2.00. The van der Waals surface area contributed by atoms with Gasteiger partial charge in [0, 0.05) is 24.5 Å². The predicted molar refractivity (Wildman–Crippen MR) is 56.1 cm³/mol. The summed E-state index contributed by atoms with van der Waals surface area (Å²) < 4.78 is 0. The maximum atomic E-state index is 5.77. The summed E-state index contributed by atoms with van der Waals surface area (Å²) in [5, 5.41) is 5.18. The van der Waals surface area contributed by atoms with Gasteiger partial charge in [0.25, 0.3) is 0 Å². The lowest BCUT2D eigenvalue weighted by molar-refractivity contribution is 0.437. The molecule has 0 aliphatic rings. The van der Waals surface area contributed by atoms with Gasteiger partial charge in [0.1, 0.15) is 0 Å². The first-order valence-corrected chi connectivity index (χ1v) is 4.50. The molecule has 5 heteroatoms. The van der Waals surface area contributed by atoms with Gasteiger partial charge in [0.05, 0.1) is 0 Å². The molecule has 0 aromatic carbocycles. The lowest BCUT2D eigenvalue weighted by Crippen LogP contribution is -2.39. The fourth-order valence-electron chi connectivity index (χ4n) is 1.16. The van der Waals surface area contributed by atoms with E-state index in [1.54, 1.807) is 12.4 Å². The van der Waals surface area contributed by atoms with Crippen molar-refractivity contribution in [1.82, 2.24) is 9.99 Å². The zero-order chi connectivity index (χ0) is 10.4. The normalized spacial score (nSPS) is 11.4. The summed E-state index contributed by atoms with van der Waals surface area (Å²) in [5.41, 5.74) is 0.825. The van der Waals surface area contributed by atoms with Crippen LogP contribution >= 0.6 is 0 Å². The number of hydrogen-bond donors (Lipinski definition) is 2. The van der Waals surface area contributed by atoms with E-state index in [1.807, 2.05) is 19.1 Å². The van der Waals surface area contributed by atoms with Gasteiger partial charge in [-0.05, 0) is 18.6 Å². The highest BCUT2D eigenvalue weighted by molar-refractivity contribution is 5.97. The predicted octanol–water partition coefficient (Wildman–Crippen LogP) is 0.288. The van der Waals surface area contributed by atoms with Crippen LogP contribution in [0.5, 0.6) is 0 Å². The molecule has 1 aromatic heterocycles. The molecule has 0 bridgehead atoms. The Kier molecular flexibility index (Phi) is 3.87. The van der Waals surface area contributed by atoms with Gasteiger partial charge in [-0.2, -0.15) is 5.10 Å². The van der Waals surface area contributed by atoms with Crippen molar-refractivity contribution in [2.24, 2.45) is 16.8 Å². The number of hydrazone groups is 1. The summed E-state index contributed by atoms with van der Waals surface area (Å²) in [6, 6.07) is 3.69. The number of rotatable bonds is 3. The lowest BCUT2D eigenvalue weighted by Gasteiger charge is -2.18. The van der Waals surface area contributed by atoms with Gasteiger partial charge >= 0.3 is 0 Å². The van der Waals surface area contributed by atoms with Crippen molar-refractivity contribution in [3.8, 4) is 0 Å². The fraction of sp³-hybridized carbons (Fsp3) is 0.333. The third kappa shape index (κ3) is 2.43. The van der Waals surface area contributed by atoms with Crippen LogP contribution in [0.1, 0.15) is 18.9 Å². The van der Waals surface area contributed by atoms with E-state index < -0.39 is 0 Å². The molecule has 0 unspecified atom stereocenters. The first kappa shape index (κ1) is 10.5. The quantitative estimate of drug-likeness (QED) is 0.313. The highest BCUT2D eigenvalue weighted by atomic mass is 15.4. The van der Waals surface area contributed by atoms with Crippen LogP contribution in [-0.2, 0) is 0 Å². The minimum atomic E-state index is 0.556. The standard InChI is InChI=1S/C9H15N5/c1-2-6-14(11)9(13-10)8-4-3-5-12-7-8/h3-5,7H,2,6,10-11H2,1H3/b13-9-. The number of pyridine rings is 1. The number of nitrogens with zero attached hydrogens (tertiary/aromatic N) is 3. The summed E-state index contributed by atoms with van der Waals surface area (Å²) in [4.78, 5) is 3.98. The molecule has 76 valence electrons. The minimum absolute atomic E-state index is 0.556. The van der Waals surface area contributed by atoms with E-state index in [0.29, 0.717) is 12.4 Å². The molecule has 5 nitrogen and oxygen atoms in total. The first-order chi connectivity index (χ1) is 6.79. The molecule has 0 spiro atoms. The zero-order valence-corrected chi connectivity index (χ0v) is 8.22. The van der Waals surface area contributed by atoms with E-state index in [-0.39, 0.29) is 0 Å². The van der Waals surface area contributed by atoms with Crippen LogP contribution < -0.4 is 11.7 Å². The summed E-state index contributed by atoms with van der Waals surface area (Å²) in [6.45, 7) is 2.75. The number of amidine groups is 1. The molecule has 0 saturated carbocycles. The van der Waals surface area contributed by atoms with Crippen LogP contribution in [0.2, 0.25) is 0 Å². The Morgan fingerprint density at radius 2 is 2.43 bits per heavy atom. The van der Waals surface area contributed by atoms with Crippen LogP contribution in [-0.4, -0.2) is 22.4 Å². The Bertz CT molecular complexity index is 295. The molecule has 0 radical (unpaired) electrons. The van der Waals surface area contributed by atoms with E-state index in [9.17, 15) is 0 Å². The molecular formula is C9H15N5. The second-order valence-electron chi connectivity index (χ2n) is 2.89. The molecule has 4 N–H and O–H groups in total. The Balaban J connectivity index is 2.83. The maximum Gasteiger partial charge on any atom is 0.171 e. The van der Waals surface area contributed by atoms with Gasteiger partial charge in [-0.15, -0.1) is 0 Å². The summed E-state index contributed by atoms with van der Waals surface area (Å²) >= 11 is 0. The summed E-state index contributed by atoms with van der Waals surface area (Å²) in [6.07, 6.45) is 4.31. The van der Waals surface area contributed by atoms with Gasteiger partial charge in [0.15, 0.2) is 5.84 Å². The summed E-state index contributed by atoms with van der Waals surface area (Å²) in [7, 11) is 0. The Hall–Kier alpha value is -1.62. The Morgan fingerprint density at radius 1 is 1.64 bits per heavy atom. The zero-order valence-electron chi connectivity index (χ0n) is 8.22. The SMILES string of the molecule is CCCN(N)/C(=N\N)c1cccnc1. The van der Waals surface area contributed by atoms with E-state index in [0.717, 1.165) is 12.0 Å². The second-order valence-corrected chi connectivity index (χ2v) is 2.89. The molecule has 0 saturated heterocycles. The van der Waals surface area contributed by atoms with Gasteiger partial charge < -0.3 is 5.84 Å². The van der Waals surface area contributed by atoms with Crippen molar-refractivity contribution < 1.29 is 0 Å². The van der Waals surface area contributed by atoms with E-state index >= 15 is 0 Å². The van der Waals surface area contributed by atoms with Crippen molar-refractivity contribution in [3.05, 3.63) is 30.1 Å². The number of aromatic nitrogens is 1.